The van der Waals surface area contributed by atoms with E-state index in [0.717, 1.165) is 38.9 Å². The van der Waals surface area contributed by atoms with E-state index >= 15 is 0 Å². The van der Waals surface area contributed by atoms with Crippen molar-refractivity contribution in [3.05, 3.63) is 0 Å². The summed E-state index contributed by atoms with van der Waals surface area (Å²) in [5, 5.41) is 12.3. The zero-order valence-corrected chi connectivity index (χ0v) is 8.41. The molecule has 1 amide bonds. The number of carbonyl (C=O) groups excluding carboxylic acids is 1. The van der Waals surface area contributed by atoms with Crippen molar-refractivity contribution in [3.63, 3.8) is 0 Å². The van der Waals surface area contributed by atoms with Gasteiger partial charge in [0.05, 0.1) is 18.6 Å². The van der Waals surface area contributed by atoms with Gasteiger partial charge in [0.15, 0.2) is 0 Å². The largest absolute Gasteiger partial charge is 0.394 e. The first kappa shape index (κ1) is 9.93. The van der Waals surface area contributed by atoms with Crippen LogP contribution in [0.3, 0.4) is 0 Å². The maximum atomic E-state index is 12.0. The van der Waals surface area contributed by atoms with Gasteiger partial charge < -0.3 is 15.3 Å². The quantitative estimate of drug-likeness (QED) is 0.633. The fourth-order valence-corrected chi connectivity index (χ4v) is 2.42. The molecule has 2 fully saturated rings. The molecule has 0 aliphatic carbocycles. The third-order valence-corrected chi connectivity index (χ3v) is 3.28. The molecular weight excluding hydrogens is 180 g/mol. The maximum Gasteiger partial charge on any atom is 0.227 e. The predicted octanol–water partition coefficient (Wildman–Crippen LogP) is -0.421. The first-order valence-corrected chi connectivity index (χ1v) is 5.45. The molecule has 2 heterocycles. The molecule has 0 aromatic rings. The Labute approximate surface area is 84.3 Å². The van der Waals surface area contributed by atoms with Crippen LogP contribution in [0.2, 0.25) is 0 Å². The number of hydrogen-bond donors (Lipinski definition) is 2. The second-order valence-electron chi connectivity index (χ2n) is 4.20. The zero-order chi connectivity index (χ0) is 9.97. The molecule has 0 bridgehead atoms. The molecule has 4 heteroatoms. The smallest absolute Gasteiger partial charge is 0.227 e. The molecule has 4 nitrogen and oxygen atoms in total. The fourth-order valence-electron chi connectivity index (χ4n) is 2.42. The molecule has 2 aliphatic rings. The SMILES string of the molecule is O=C([C@H]1CCNC1)N1CCCC1CO. The number of nitrogens with one attached hydrogen (secondary N) is 1. The van der Waals surface area contributed by atoms with Gasteiger partial charge in [-0.15, -0.1) is 0 Å². The van der Waals surface area contributed by atoms with Crippen LogP contribution in [0.15, 0.2) is 0 Å². The van der Waals surface area contributed by atoms with Crippen molar-refractivity contribution in [3.8, 4) is 0 Å². The monoisotopic (exact) mass is 198 g/mol. The average Bonchev–Trinajstić information content (AvgIpc) is 2.87. The molecule has 0 saturated carbocycles. The minimum atomic E-state index is 0.0862. The molecule has 0 aromatic carbocycles. The van der Waals surface area contributed by atoms with E-state index in [1.165, 1.54) is 0 Å². The van der Waals surface area contributed by atoms with Crippen LogP contribution in [0.25, 0.3) is 0 Å². The van der Waals surface area contributed by atoms with Gasteiger partial charge in [-0.1, -0.05) is 0 Å². The third kappa shape index (κ3) is 1.77. The van der Waals surface area contributed by atoms with Gasteiger partial charge in [-0.25, -0.2) is 0 Å². The number of aliphatic hydroxyl groups excluding tert-OH is 1. The highest BCUT2D eigenvalue weighted by Crippen LogP contribution is 2.21. The van der Waals surface area contributed by atoms with Crippen molar-refractivity contribution >= 4 is 5.91 Å². The Morgan fingerprint density at radius 2 is 2.36 bits per heavy atom. The average molecular weight is 198 g/mol. The van der Waals surface area contributed by atoms with E-state index in [4.69, 9.17) is 5.11 Å². The molecule has 14 heavy (non-hydrogen) atoms. The van der Waals surface area contributed by atoms with Crippen LogP contribution in [0.5, 0.6) is 0 Å². The van der Waals surface area contributed by atoms with Crippen LogP contribution in [-0.2, 0) is 4.79 Å². The topological polar surface area (TPSA) is 52.6 Å². The van der Waals surface area contributed by atoms with Gasteiger partial charge in [-0.05, 0) is 25.8 Å². The standard InChI is InChI=1S/C10H18N2O2/c13-7-9-2-1-5-12(9)10(14)8-3-4-11-6-8/h8-9,11,13H,1-7H2/t8-,9?/m0/s1. The number of amides is 1. The maximum absolute atomic E-state index is 12.0. The summed E-state index contributed by atoms with van der Waals surface area (Å²) in [7, 11) is 0. The normalized spacial score (nSPS) is 32.5. The molecular formula is C10H18N2O2. The Kier molecular flexibility index (Phi) is 3.03. The summed E-state index contributed by atoms with van der Waals surface area (Å²) in [6.07, 6.45) is 2.95. The van der Waals surface area contributed by atoms with E-state index in [1.807, 2.05) is 4.90 Å². The van der Waals surface area contributed by atoms with Crippen LogP contribution < -0.4 is 5.32 Å². The number of hydrogen-bond acceptors (Lipinski definition) is 3. The second-order valence-corrected chi connectivity index (χ2v) is 4.20. The Morgan fingerprint density at radius 3 is 3.00 bits per heavy atom. The lowest BCUT2D eigenvalue weighted by atomic mass is 10.1. The van der Waals surface area contributed by atoms with Crippen LogP contribution in [0.1, 0.15) is 19.3 Å². The lowest BCUT2D eigenvalue weighted by Crippen LogP contribution is -2.41. The highest BCUT2D eigenvalue weighted by Gasteiger charge is 2.33. The van der Waals surface area contributed by atoms with Crippen molar-refractivity contribution in [2.24, 2.45) is 5.92 Å². The summed E-state index contributed by atoms with van der Waals surface area (Å²) < 4.78 is 0. The van der Waals surface area contributed by atoms with E-state index in [2.05, 4.69) is 5.32 Å². The number of rotatable bonds is 2. The summed E-state index contributed by atoms with van der Waals surface area (Å²) in [6, 6.07) is 0.0862. The molecule has 2 N–H and O–H groups in total. The Morgan fingerprint density at radius 1 is 1.50 bits per heavy atom. The van der Waals surface area contributed by atoms with E-state index in [1.54, 1.807) is 0 Å². The van der Waals surface area contributed by atoms with Gasteiger partial charge in [-0.2, -0.15) is 0 Å². The van der Waals surface area contributed by atoms with Gasteiger partial charge in [0, 0.05) is 13.1 Å². The summed E-state index contributed by atoms with van der Waals surface area (Å²) in [5.41, 5.74) is 0. The summed E-state index contributed by atoms with van der Waals surface area (Å²) >= 11 is 0. The minimum absolute atomic E-state index is 0.0862. The summed E-state index contributed by atoms with van der Waals surface area (Å²) in [5.74, 6) is 0.397. The highest BCUT2D eigenvalue weighted by atomic mass is 16.3. The van der Waals surface area contributed by atoms with Gasteiger partial charge in [0.2, 0.25) is 5.91 Å². The molecule has 2 atom stereocenters. The molecule has 1 unspecified atom stereocenters. The van der Waals surface area contributed by atoms with Gasteiger partial charge in [0.25, 0.3) is 0 Å². The zero-order valence-electron chi connectivity index (χ0n) is 8.41. The molecule has 0 spiro atoms. The van der Waals surface area contributed by atoms with Crippen molar-refractivity contribution in [1.29, 1.82) is 0 Å². The van der Waals surface area contributed by atoms with E-state index < -0.39 is 0 Å². The van der Waals surface area contributed by atoms with Crippen molar-refractivity contribution in [2.45, 2.75) is 25.3 Å². The Balaban J connectivity index is 1.95. The Bertz CT molecular complexity index is 214. The number of likely N-dealkylation sites (tertiary alicyclic amines) is 1. The van der Waals surface area contributed by atoms with Gasteiger partial charge in [-0.3, -0.25) is 4.79 Å². The van der Waals surface area contributed by atoms with Crippen LogP contribution in [-0.4, -0.2) is 48.2 Å². The molecule has 80 valence electrons. The number of aliphatic hydroxyl groups is 1. The molecule has 0 aromatic heterocycles. The summed E-state index contributed by atoms with van der Waals surface area (Å²) in [4.78, 5) is 13.9. The first-order chi connectivity index (χ1) is 6.83. The van der Waals surface area contributed by atoms with Gasteiger partial charge >= 0.3 is 0 Å². The van der Waals surface area contributed by atoms with Gasteiger partial charge in [0.1, 0.15) is 0 Å². The lowest BCUT2D eigenvalue weighted by molar-refractivity contribution is -0.136. The predicted molar refractivity (Wildman–Crippen MR) is 52.8 cm³/mol. The van der Waals surface area contributed by atoms with Crippen LogP contribution in [0, 0.1) is 5.92 Å². The van der Waals surface area contributed by atoms with Crippen LogP contribution in [0.4, 0.5) is 0 Å². The summed E-state index contributed by atoms with van der Waals surface area (Å²) in [6.45, 7) is 2.72. The fraction of sp³-hybridized carbons (Fsp3) is 0.900. The first-order valence-electron chi connectivity index (χ1n) is 5.45. The Hall–Kier alpha value is -0.610. The highest BCUT2D eigenvalue weighted by molar-refractivity contribution is 5.80. The molecule has 2 saturated heterocycles. The van der Waals surface area contributed by atoms with Crippen molar-refractivity contribution in [1.82, 2.24) is 10.2 Å². The van der Waals surface area contributed by atoms with Crippen LogP contribution >= 0.6 is 0 Å². The van der Waals surface area contributed by atoms with E-state index in [-0.39, 0.29) is 24.5 Å². The molecule has 0 radical (unpaired) electrons. The van der Waals surface area contributed by atoms with E-state index in [0.29, 0.717) is 0 Å². The van der Waals surface area contributed by atoms with Crippen molar-refractivity contribution in [2.75, 3.05) is 26.2 Å². The lowest BCUT2D eigenvalue weighted by Gasteiger charge is -2.25. The third-order valence-electron chi connectivity index (χ3n) is 3.28. The second kappa shape index (κ2) is 4.28. The van der Waals surface area contributed by atoms with Crippen molar-refractivity contribution < 1.29 is 9.90 Å². The van der Waals surface area contributed by atoms with E-state index in [9.17, 15) is 4.79 Å². The number of carbonyl (C=O) groups is 1. The molecule has 2 aliphatic heterocycles. The minimum Gasteiger partial charge on any atom is -0.394 e. The molecule has 2 rings (SSSR count). The number of nitrogens with zero attached hydrogens (tertiary/aromatic N) is 1.